The molecule has 98 heavy (non-hydrogen) atoms. The van der Waals surface area contributed by atoms with Crippen LogP contribution in [0.4, 0.5) is 34.3 Å². The van der Waals surface area contributed by atoms with E-state index in [1.807, 2.05) is 6.20 Å². The molecular weight excluding hydrogens is 1370 g/mol. The molecule has 0 N–H and O–H groups in total. The second kappa shape index (κ2) is 24.2. The Morgan fingerprint density at radius 1 is 0.367 bits per heavy atom. The zero-order valence-electron chi connectivity index (χ0n) is 56.7. The van der Waals surface area contributed by atoms with Crippen LogP contribution in [0.2, 0.25) is 0 Å². The first-order valence-electron chi connectivity index (χ1n) is 33.8. The van der Waals surface area contributed by atoms with Crippen LogP contribution in [0.5, 0.6) is 11.5 Å². The Hall–Kier alpha value is -10.7. The van der Waals surface area contributed by atoms with Gasteiger partial charge in [0.15, 0.2) is 0 Å². The molecule has 0 saturated heterocycles. The van der Waals surface area contributed by atoms with E-state index >= 15 is 0 Å². The maximum absolute atomic E-state index is 7.47. The van der Waals surface area contributed by atoms with Crippen LogP contribution >= 0.6 is 0 Å². The first kappa shape index (κ1) is 62.2. The SMILES string of the molecule is CC(C)(C)c1cc(Oc2[c-]c3c(cc2)C2(c4ccccc4N3c3cc(C(C)(C)C)ccn3)c3ccc(-c4ccccc4)cc3N(c3ccccc3)c3cc(-c4ccccc4)ccc32)[c-]c(-n2[c](=[Pt])n(-c3c(-c4ccccc4)cc(C(C)(C)C)cc3-c3ccccc3)c3ccccc32)c1. The van der Waals surface area contributed by atoms with Crippen molar-refractivity contribution in [3.05, 3.63) is 346 Å². The number of ether oxygens (including phenoxy) is 1. The van der Waals surface area contributed by atoms with E-state index in [9.17, 15) is 0 Å². The molecule has 12 aromatic carbocycles. The molecule has 4 heterocycles. The van der Waals surface area contributed by atoms with E-state index in [0.29, 0.717) is 11.5 Å². The number of imidazole rings is 1. The molecule has 0 saturated carbocycles. The van der Waals surface area contributed by atoms with Crippen molar-refractivity contribution < 1.29 is 24.1 Å². The van der Waals surface area contributed by atoms with Crippen molar-refractivity contribution in [3.63, 3.8) is 0 Å². The summed E-state index contributed by atoms with van der Waals surface area (Å²) in [5, 5.41) is 0. The summed E-state index contributed by atoms with van der Waals surface area (Å²) in [4.78, 5) is 10.1. The number of hydrogen-bond acceptors (Lipinski definition) is 4. The Bertz CT molecular complexity index is 5290. The number of nitrogens with zero attached hydrogens (tertiary/aromatic N) is 5. The number of pyridine rings is 1. The predicted octanol–water partition coefficient (Wildman–Crippen LogP) is 23.8. The van der Waals surface area contributed by atoms with E-state index in [-0.39, 0.29) is 16.2 Å². The maximum atomic E-state index is 7.47. The molecule has 2 aromatic heterocycles. The third-order valence-electron chi connectivity index (χ3n) is 19.7. The van der Waals surface area contributed by atoms with Gasteiger partial charge in [-0.2, -0.15) is 0 Å². The van der Waals surface area contributed by atoms with Gasteiger partial charge >= 0.3 is 357 Å². The average molecular weight is 1450 g/mol. The summed E-state index contributed by atoms with van der Waals surface area (Å²) < 4.78 is 13.3. The van der Waals surface area contributed by atoms with Crippen molar-refractivity contribution in [3.8, 4) is 67.4 Å². The van der Waals surface area contributed by atoms with Gasteiger partial charge in [-0.25, -0.2) is 0 Å². The van der Waals surface area contributed by atoms with E-state index in [2.05, 4.69) is 398 Å². The van der Waals surface area contributed by atoms with Gasteiger partial charge in [-0.3, -0.25) is 0 Å². The fourth-order valence-electron chi connectivity index (χ4n) is 14.7. The normalized spacial score (nSPS) is 13.3. The molecule has 0 atom stereocenters. The molecule has 16 rings (SSSR count). The van der Waals surface area contributed by atoms with Gasteiger partial charge in [0.05, 0.1) is 11.4 Å². The summed E-state index contributed by atoms with van der Waals surface area (Å²) in [5.41, 5.74) is 24.8. The topological polar surface area (TPSA) is 38.5 Å². The number of fused-ring (bicyclic) bond motifs is 9. The quantitative estimate of drug-likeness (QED) is 0.128. The second-order valence-corrected chi connectivity index (χ2v) is 30.0. The van der Waals surface area contributed by atoms with Gasteiger partial charge in [-0.05, 0) is 63.6 Å². The van der Waals surface area contributed by atoms with Crippen LogP contribution < -0.4 is 14.5 Å². The number of para-hydroxylation sites is 4. The third kappa shape index (κ3) is 10.7. The average Bonchev–Trinajstić information content (AvgIpc) is 0.729. The monoisotopic (exact) mass is 1450 g/mol. The Labute approximate surface area is 586 Å². The molecular formula is C91H75N5OPt-2. The van der Waals surface area contributed by atoms with E-state index in [0.717, 1.165) is 133 Å². The van der Waals surface area contributed by atoms with Crippen LogP contribution in [0.1, 0.15) is 101 Å². The fourth-order valence-corrected chi connectivity index (χ4v) is 15.8. The van der Waals surface area contributed by atoms with Crippen LogP contribution in [0.15, 0.2) is 291 Å². The Morgan fingerprint density at radius 3 is 1.39 bits per heavy atom. The van der Waals surface area contributed by atoms with Crippen LogP contribution in [0.25, 0.3) is 66.9 Å². The van der Waals surface area contributed by atoms with E-state index in [1.165, 1.54) is 11.1 Å². The number of aromatic nitrogens is 3. The molecule has 7 heteroatoms. The van der Waals surface area contributed by atoms with Crippen LogP contribution in [0, 0.1) is 15.9 Å². The van der Waals surface area contributed by atoms with Gasteiger partial charge in [0.25, 0.3) is 0 Å². The molecule has 0 aliphatic carbocycles. The summed E-state index contributed by atoms with van der Waals surface area (Å²) in [6.45, 7) is 20.5. The van der Waals surface area contributed by atoms with Crippen molar-refractivity contribution >= 4 is 45.3 Å². The molecule has 0 fully saturated rings. The summed E-state index contributed by atoms with van der Waals surface area (Å²) in [7, 11) is 0. The first-order chi connectivity index (χ1) is 47.4. The molecule has 0 radical (unpaired) electrons. The molecule has 2 aliphatic heterocycles. The number of rotatable bonds is 10. The Balaban J connectivity index is 0.935. The van der Waals surface area contributed by atoms with Gasteiger partial charge in [-0.1, -0.05) is 142 Å². The molecule has 0 bridgehead atoms. The number of hydrogen-bond donors (Lipinski definition) is 0. The van der Waals surface area contributed by atoms with Gasteiger partial charge in [-0.15, -0.1) is 0 Å². The zero-order chi connectivity index (χ0) is 67.2. The van der Waals surface area contributed by atoms with Gasteiger partial charge in [0, 0.05) is 11.9 Å². The van der Waals surface area contributed by atoms with Crippen molar-refractivity contribution in [2.45, 2.75) is 84.0 Å². The zero-order valence-corrected chi connectivity index (χ0v) is 58.9. The van der Waals surface area contributed by atoms with Crippen LogP contribution in [-0.4, -0.2) is 14.1 Å². The number of benzene rings is 12. The summed E-state index contributed by atoms with van der Waals surface area (Å²) in [5.74, 6) is 1.92. The first-order valence-corrected chi connectivity index (χ1v) is 35.0. The molecule has 2 aliphatic rings. The van der Waals surface area contributed by atoms with Crippen molar-refractivity contribution in [1.82, 2.24) is 14.1 Å². The van der Waals surface area contributed by atoms with Crippen molar-refractivity contribution in [1.29, 1.82) is 0 Å². The van der Waals surface area contributed by atoms with Gasteiger partial charge in [0.2, 0.25) is 0 Å². The van der Waals surface area contributed by atoms with Crippen LogP contribution in [0.3, 0.4) is 0 Å². The molecule has 6 nitrogen and oxygen atoms in total. The minimum atomic E-state index is -0.902. The fraction of sp³-hybridized carbons (Fsp3) is 0.143. The van der Waals surface area contributed by atoms with E-state index in [1.54, 1.807) is 0 Å². The molecule has 14 aromatic rings. The van der Waals surface area contributed by atoms with E-state index in [4.69, 9.17) is 9.72 Å². The van der Waals surface area contributed by atoms with Crippen LogP contribution in [-0.2, 0) is 41.0 Å². The Morgan fingerprint density at radius 2 is 0.837 bits per heavy atom. The van der Waals surface area contributed by atoms with Crippen molar-refractivity contribution in [2.75, 3.05) is 9.80 Å². The molecule has 482 valence electrons. The molecule has 1 spiro atoms. The third-order valence-corrected chi connectivity index (χ3v) is 20.7. The molecule has 0 amide bonds. The second-order valence-electron chi connectivity index (χ2n) is 29.0. The summed E-state index contributed by atoms with van der Waals surface area (Å²) in [6.07, 6.45) is 1.96. The number of anilines is 6. The van der Waals surface area contributed by atoms with Gasteiger partial charge < -0.3 is 4.90 Å². The van der Waals surface area contributed by atoms with Gasteiger partial charge in [0.1, 0.15) is 0 Å². The Kier molecular flexibility index (Phi) is 15.3. The van der Waals surface area contributed by atoms with E-state index < -0.39 is 5.41 Å². The summed E-state index contributed by atoms with van der Waals surface area (Å²) in [6, 6.07) is 112. The molecule has 0 unspecified atom stereocenters. The standard InChI is InChI=1S/C91H75N5O.Pt/c1-88(2,3)67-49-50-92-86(57-67)96-80-40-26-25-39-76(80)91(77-46-43-65(61-29-15-10-16-30-61)51-83(77)95(70-37-23-14-24-38-70)84-52-66(44-47-78(84)91)62-31-17-11-18-32-62)79-48-45-72(59-85(79)96)97-73-54-68(89(4,5)6)53-71(58-73)93-60-94(82-42-28-27-41-81(82)93)87-74(63-33-19-12-20-34-63)55-69(90(7,8)9)56-75(87)64-35-21-13-22-36-64;/h10-57H,1-9H3;/q-2;. The predicted molar refractivity (Wildman–Crippen MR) is 400 cm³/mol. The summed E-state index contributed by atoms with van der Waals surface area (Å²) >= 11 is 2.56. The minimum absolute atomic E-state index is 0.123. The van der Waals surface area contributed by atoms with Crippen molar-refractivity contribution in [2.24, 2.45) is 0 Å².